The van der Waals surface area contributed by atoms with Gasteiger partial charge >= 0.3 is 0 Å². The first-order valence-corrected chi connectivity index (χ1v) is 8.77. The van der Waals surface area contributed by atoms with E-state index in [9.17, 15) is 8.42 Å². The molecule has 1 aliphatic heterocycles. The molecular formula is C15H22N2O2S. The van der Waals surface area contributed by atoms with Gasteiger partial charge in [-0.1, -0.05) is 13.8 Å². The summed E-state index contributed by atoms with van der Waals surface area (Å²) in [6, 6.07) is 2.11. The van der Waals surface area contributed by atoms with Crippen molar-refractivity contribution in [1.29, 1.82) is 0 Å². The van der Waals surface area contributed by atoms with Gasteiger partial charge in [0.05, 0.1) is 11.8 Å². The van der Waals surface area contributed by atoms with Crippen molar-refractivity contribution in [2.45, 2.75) is 45.7 Å². The fourth-order valence-corrected chi connectivity index (χ4v) is 4.92. The second-order valence-electron chi connectivity index (χ2n) is 6.93. The Balaban J connectivity index is 2.08. The standard InChI is InChI=1S/C15H22N2O2S/c1-10-6-12-13(16)7-15(2,3)8-14(12)17(10)11-4-5-20(18,19)9-11/h4-6,11,13H,7-9,16H2,1-3H3. The molecule has 0 saturated carbocycles. The van der Waals surface area contributed by atoms with E-state index >= 15 is 0 Å². The fourth-order valence-electron chi connectivity index (χ4n) is 3.65. The Hall–Kier alpha value is -1.07. The first-order valence-electron chi connectivity index (χ1n) is 7.06. The summed E-state index contributed by atoms with van der Waals surface area (Å²) < 4.78 is 25.5. The van der Waals surface area contributed by atoms with Crippen LogP contribution >= 0.6 is 0 Å². The van der Waals surface area contributed by atoms with Crippen LogP contribution in [0, 0.1) is 12.3 Å². The molecule has 1 aliphatic carbocycles. The fraction of sp³-hybridized carbons (Fsp3) is 0.600. The van der Waals surface area contributed by atoms with Gasteiger partial charge in [-0.15, -0.1) is 0 Å². The molecule has 5 heteroatoms. The number of rotatable bonds is 1. The smallest absolute Gasteiger partial charge is 0.173 e. The highest BCUT2D eigenvalue weighted by atomic mass is 32.2. The van der Waals surface area contributed by atoms with Crippen molar-refractivity contribution in [3.8, 4) is 0 Å². The molecule has 1 aromatic heterocycles. The summed E-state index contributed by atoms with van der Waals surface area (Å²) in [4.78, 5) is 0. The molecule has 4 nitrogen and oxygen atoms in total. The number of nitrogens with two attached hydrogens (primary N) is 1. The maximum absolute atomic E-state index is 11.7. The van der Waals surface area contributed by atoms with Crippen LogP contribution in [0.15, 0.2) is 17.6 Å². The van der Waals surface area contributed by atoms with Gasteiger partial charge in [-0.3, -0.25) is 0 Å². The van der Waals surface area contributed by atoms with Gasteiger partial charge in [0.25, 0.3) is 0 Å². The van der Waals surface area contributed by atoms with Crippen molar-refractivity contribution in [1.82, 2.24) is 4.57 Å². The number of hydrogen-bond donors (Lipinski definition) is 1. The van der Waals surface area contributed by atoms with Crippen molar-refractivity contribution in [3.63, 3.8) is 0 Å². The highest BCUT2D eigenvalue weighted by Gasteiger charge is 2.35. The van der Waals surface area contributed by atoms with Crippen LogP contribution in [0.1, 0.15) is 49.3 Å². The quantitative estimate of drug-likeness (QED) is 0.864. The molecule has 2 aliphatic rings. The number of hydrogen-bond acceptors (Lipinski definition) is 3. The molecule has 0 amide bonds. The van der Waals surface area contributed by atoms with Crippen molar-refractivity contribution in [2.75, 3.05) is 5.75 Å². The van der Waals surface area contributed by atoms with Crippen LogP contribution in [0.2, 0.25) is 0 Å². The summed E-state index contributed by atoms with van der Waals surface area (Å²) in [5.74, 6) is 0.171. The Morgan fingerprint density at radius 2 is 2.10 bits per heavy atom. The highest BCUT2D eigenvalue weighted by molar-refractivity contribution is 7.94. The summed E-state index contributed by atoms with van der Waals surface area (Å²) in [5, 5.41) is 1.34. The molecule has 2 heterocycles. The third kappa shape index (κ3) is 2.23. The first-order chi connectivity index (χ1) is 9.19. The van der Waals surface area contributed by atoms with Crippen LogP contribution in [0.4, 0.5) is 0 Å². The second-order valence-corrected chi connectivity index (χ2v) is 8.87. The van der Waals surface area contributed by atoms with Gasteiger partial charge in [-0.2, -0.15) is 0 Å². The van der Waals surface area contributed by atoms with Crippen LogP contribution < -0.4 is 5.73 Å². The minimum absolute atomic E-state index is 0.0516. The predicted octanol–water partition coefficient (Wildman–Crippen LogP) is 2.25. The van der Waals surface area contributed by atoms with E-state index in [1.807, 2.05) is 6.92 Å². The average Bonchev–Trinajstić information content (AvgIpc) is 2.77. The summed E-state index contributed by atoms with van der Waals surface area (Å²) in [6.45, 7) is 6.49. The molecule has 3 rings (SSSR count). The number of allylic oxidation sites excluding steroid dienone is 1. The average molecular weight is 294 g/mol. The molecule has 2 N–H and O–H groups in total. The Bertz CT molecular complexity index is 683. The summed E-state index contributed by atoms with van der Waals surface area (Å²) in [6.07, 6.45) is 3.73. The molecule has 1 aromatic rings. The molecule has 0 saturated heterocycles. The van der Waals surface area contributed by atoms with Gasteiger partial charge < -0.3 is 10.3 Å². The molecule has 20 heavy (non-hydrogen) atoms. The molecule has 0 bridgehead atoms. The predicted molar refractivity (Wildman–Crippen MR) is 80.2 cm³/mol. The van der Waals surface area contributed by atoms with E-state index in [1.165, 1.54) is 16.7 Å². The number of fused-ring (bicyclic) bond motifs is 1. The highest BCUT2D eigenvalue weighted by Crippen LogP contribution is 2.42. The summed E-state index contributed by atoms with van der Waals surface area (Å²) in [5.41, 5.74) is 9.99. The monoisotopic (exact) mass is 294 g/mol. The molecule has 0 spiro atoms. The third-order valence-corrected chi connectivity index (χ3v) is 5.81. The summed E-state index contributed by atoms with van der Waals surface area (Å²) >= 11 is 0. The van der Waals surface area contributed by atoms with Crippen molar-refractivity contribution >= 4 is 9.84 Å². The maximum atomic E-state index is 11.7. The van der Waals surface area contributed by atoms with E-state index in [1.54, 1.807) is 6.08 Å². The van der Waals surface area contributed by atoms with Crippen molar-refractivity contribution in [3.05, 3.63) is 34.5 Å². The van der Waals surface area contributed by atoms with E-state index in [2.05, 4.69) is 24.5 Å². The number of nitrogens with zero attached hydrogens (tertiary/aromatic N) is 1. The van der Waals surface area contributed by atoms with Crippen LogP contribution in [0.25, 0.3) is 0 Å². The molecule has 0 fully saturated rings. The van der Waals surface area contributed by atoms with Crippen LogP contribution in [0.3, 0.4) is 0 Å². The lowest BCUT2D eigenvalue weighted by molar-refractivity contribution is 0.274. The lowest BCUT2D eigenvalue weighted by Gasteiger charge is -2.35. The Morgan fingerprint density at radius 3 is 2.70 bits per heavy atom. The van der Waals surface area contributed by atoms with E-state index < -0.39 is 9.84 Å². The SMILES string of the molecule is Cc1cc2c(n1C1C=CS(=O)(=O)C1)CC(C)(C)CC2N. The number of sulfone groups is 1. The second kappa shape index (κ2) is 4.21. The lowest BCUT2D eigenvalue weighted by atomic mass is 9.74. The van der Waals surface area contributed by atoms with Gasteiger partial charge in [0.2, 0.25) is 0 Å². The van der Waals surface area contributed by atoms with Gasteiger partial charge in [0.15, 0.2) is 9.84 Å². The van der Waals surface area contributed by atoms with Gasteiger partial charge in [-0.25, -0.2) is 8.42 Å². The lowest BCUT2D eigenvalue weighted by Crippen LogP contribution is -2.31. The molecule has 2 atom stereocenters. The van der Waals surface area contributed by atoms with E-state index in [0.29, 0.717) is 0 Å². The van der Waals surface area contributed by atoms with Crippen LogP contribution in [-0.2, 0) is 16.3 Å². The Labute approximate surface area is 120 Å². The zero-order chi connectivity index (χ0) is 14.7. The third-order valence-electron chi connectivity index (χ3n) is 4.43. The topological polar surface area (TPSA) is 65.1 Å². The van der Waals surface area contributed by atoms with E-state index in [0.717, 1.165) is 18.5 Å². The summed E-state index contributed by atoms with van der Waals surface area (Å²) in [7, 11) is -3.04. The first kappa shape index (κ1) is 13.9. The minimum atomic E-state index is -3.04. The largest absolute Gasteiger partial charge is 0.341 e. The van der Waals surface area contributed by atoms with Crippen molar-refractivity contribution in [2.24, 2.45) is 11.1 Å². The molecular weight excluding hydrogens is 272 g/mol. The molecule has 110 valence electrons. The number of aryl methyl sites for hydroxylation is 1. The van der Waals surface area contributed by atoms with E-state index in [-0.39, 0.29) is 23.3 Å². The normalized spacial score (nSPS) is 30.4. The minimum Gasteiger partial charge on any atom is -0.341 e. The molecule has 0 aromatic carbocycles. The Morgan fingerprint density at radius 1 is 1.40 bits per heavy atom. The number of aromatic nitrogens is 1. The van der Waals surface area contributed by atoms with Gasteiger partial charge in [-0.05, 0) is 42.9 Å². The van der Waals surface area contributed by atoms with Crippen molar-refractivity contribution < 1.29 is 8.42 Å². The van der Waals surface area contributed by atoms with Gasteiger partial charge in [0, 0.05) is 22.8 Å². The van der Waals surface area contributed by atoms with Crippen LogP contribution in [0.5, 0.6) is 0 Å². The van der Waals surface area contributed by atoms with Crippen LogP contribution in [-0.4, -0.2) is 18.7 Å². The zero-order valence-electron chi connectivity index (χ0n) is 12.3. The molecule has 0 radical (unpaired) electrons. The molecule has 2 unspecified atom stereocenters. The Kier molecular flexibility index (Phi) is 2.93. The van der Waals surface area contributed by atoms with E-state index in [4.69, 9.17) is 5.73 Å². The van der Waals surface area contributed by atoms with Gasteiger partial charge in [0.1, 0.15) is 0 Å². The zero-order valence-corrected chi connectivity index (χ0v) is 13.1. The maximum Gasteiger partial charge on any atom is 0.173 e.